The van der Waals surface area contributed by atoms with Crippen molar-refractivity contribution in [1.82, 2.24) is 0 Å². The van der Waals surface area contributed by atoms with Crippen molar-refractivity contribution in [2.45, 2.75) is 116 Å². The van der Waals surface area contributed by atoms with Crippen LogP contribution < -0.4 is 0 Å². The molecule has 3 nitrogen and oxygen atoms in total. The standard InChI is InChI=1S/C18H38O3Si.Mg.2H/c1-2-3-4-5-6-7-8-9-10-11-12-13-14-15-16-17-18(21-22)19-20-18;;;/h2-17H2,1,22H3;;;/q;+2;2*-1. The summed E-state index contributed by atoms with van der Waals surface area (Å²) in [6, 6.07) is 0. The van der Waals surface area contributed by atoms with Gasteiger partial charge in [0.1, 0.15) is 0 Å². The van der Waals surface area contributed by atoms with Crippen molar-refractivity contribution in [2.75, 3.05) is 0 Å². The minimum Gasteiger partial charge on any atom is -1.00 e. The summed E-state index contributed by atoms with van der Waals surface area (Å²) in [7, 11) is 0.681. The van der Waals surface area contributed by atoms with Crippen molar-refractivity contribution < 1.29 is 17.1 Å². The summed E-state index contributed by atoms with van der Waals surface area (Å²) in [5, 5.41) is 0. The Hall–Kier alpha value is 0.863. The molecule has 1 rings (SSSR count). The topological polar surface area (TPSA) is 34.3 Å². The molecule has 23 heavy (non-hydrogen) atoms. The zero-order valence-corrected chi connectivity index (χ0v) is 19.2. The zero-order valence-electron chi connectivity index (χ0n) is 17.7. The van der Waals surface area contributed by atoms with Crippen LogP contribution in [0.3, 0.4) is 0 Å². The largest absolute Gasteiger partial charge is 2.00 e. The van der Waals surface area contributed by atoms with E-state index in [-0.39, 0.29) is 25.9 Å². The van der Waals surface area contributed by atoms with E-state index in [1.807, 2.05) is 0 Å². The molecule has 0 N–H and O–H groups in total. The zero-order chi connectivity index (χ0) is 15.9. The van der Waals surface area contributed by atoms with E-state index in [4.69, 9.17) is 14.2 Å². The van der Waals surface area contributed by atoms with Crippen LogP contribution in [0.4, 0.5) is 0 Å². The molecule has 0 atom stereocenters. The predicted octanol–water partition coefficient (Wildman–Crippen LogP) is 5.00. The van der Waals surface area contributed by atoms with Crippen LogP contribution >= 0.6 is 0 Å². The van der Waals surface area contributed by atoms with Crippen LogP contribution in [0.2, 0.25) is 0 Å². The normalized spacial score (nSPS) is 15.5. The van der Waals surface area contributed by atoms with Crippen LogP contribution in [0.1, 0.15) is 113 Å². The van der Waals surface area contributed by atoms with Crippen LogP contribution in [-0.4, -0.2) is 39.5 Å². The molecule has 136 valence electrons. The molecule has 0 amide bonds. The van der Waals surface area contributed by atoms with E-state index in [2.05, 4.69) is 6.92 Å². The smallest absolute Gasteiger partial charge is 1.00 e. The summed E-state index contributed by atoms with van der Waals surface area (Å²) < 4.78 is 5.26. The molecule has 0 spiro atoms. The Morgan fingerprint density at radius 1 is 0.696 bits per heavy atom. The van der Waals surface area contributed by atoms with Gasteiger partial charge in [-0.3, -0.25) is 0 Å². The van der Waals surface area contributed by atoms with Gasteiger partial charge in [-0.15, -0.1) is 0 Å². The van der Waals surface area contributed by atoms with Crippen molar-refractivity contribution >= 4 is 33.5 Å². The molecule has 0 aromatic heterocycles. The van der Waals surface area contributed by atoms with E-state index in [0.29, 0.717) is 10.5 Å². The molecule has 0 radical (unpaired) electrons. The first-order valence-electron chi connectivity index (χ1n) is 9.75. The first-order chi connectivity index (χ1) is 10.8. The fourth-order valence-electron chi connectivity index (χ4n) is 3.01. The van der Waals surface area contributed by atoms with E-state index in [0.717, 1.165) is 12.8 Å². The summed E-state index contributed by atoms with van der Waals surface area (Å²) in [5.41, 5.74) is 0. The first-order valence-corrected chi connectivity index (χ1v) is 10.6. The Labute approximate surface area is 166 Å². The maximum absolute atomic E-state index is 5.26. The molecule has 1 saturated heterocycles. The van der Waals surface area contributed by atoms with Gasteiger partial charge in [0.05, 0.1) is 0 Å². The molecular formula is C18H40MgO3Si. The number of hydrogen-bond acceptors (Lipinski definition) is 3. The van der Waals surface area contributed by atoms with Crippen molar-refractivity contribution in [3.8, 4) is 0 Å². The second-order valence-corrected chi connectivity index (χ2v) is 7.16. The summed E-state index contributed by atoms with van der Waals surface area (Å²) in [4.78, 5) is 9.75. The molecule has 1 aliphatic heterocycles. The average Bonchev–Trinajstić information content (AvgIpc) is 3.32. The summed E-state index contributed by atoms with van der Waals surface area (Å²) in [6.07, 6.45) is 21.8. The van der Waals surface area contributed by atoms with Gasteiger partial charge < -0.3 is 7.28 Å². The Balaban J connectivity index is -0.00000161. The summed E-state index contributed by atoms with van der Waals surface area (Å²) >= 11 is 0. The van der Waals surface area contributed by atoms with E-state index in [9.17, 15) is 0 Å². The summed E-state index contributed by atoms with van der Waals surface area (Å²) in [6.45, 7) is 2.29. The van der Waals surface area contributed by atoms with Gasteiger partial charge in [-0.25, -0.2) is 0 Å². The number of hydrogen-bond donors (Lipinski definition) is 0. The molecule has 0 saturated carbocycles. The number of unbranched alkanes of at least 4 members (excludes halogenated alkanes) is 14. The van der Waals surface area contributed by atoms with E-state index in [1.165, 1.54) is 89.9 Å². The third kappa shape index (κ3) is 13.8. The minimum atomic E-state index is -0.608. The molecule has 0 bridgehead atoms. The predicted molar refractivity (Wildman–Crippen MR) is 103 cm³/mol. The molecule has 0 aromatic carbocycles. The second-order valence-electron chi connectivity index (χ2n) is 6.75. The first kappa shape index (κ1) is 23.9. The fourth-order valence-corrected chi connectivity index (χ4v) is 3.35. The maximum atomic E-state index is 5.26. The van der Waals surface area contributed by atoms with Gasteiger partial charge in [0.25, 0.3) is 0 Å². The van der Waals surface area contributed by atoms with Crippen molar-refractivity contribution in [3.05, 3.63) is 0 Å². The van der Waals surface area contributed by atoms with E-state index < -0.39 is 5.97 Å². The van der Waals surface area contributed by atoms with Gasteiger partial charge in [0, 0.05) is 6.42 Å². The number of rotatable bonds is 17. The Bertz CT molecular complexity index is 260. The Kier molecular flexibility index (Phi) is 17.0. The second kappa shape index (κ2) is 16.3. The molecule has 1 aliphatic rings. The SMILES string of the molecule is CCCCCCCCCCCCCCCCCC1(O[SiH3])OO1.[H-].[H-].[Mg+2]. The average molecular weight is 357 g/mol. The van der Waals surface area contributed by atoms with Gasteiger partial charge in [0.2, 0.25) is 0 Å². The monoisotopic (exact) mass is 356 g/mol. The van der Waals surface area contributed by atoms with Gasteiger partial charge >= 0.3 is 29.0 Å². The molecule has 1 heterocycles. The molecular weight excluding hydrogens is 317 g/mol. The van der Waals surface area contributed by atoms with Crippen LogP contribution in [0.15, 0.2) is 0 Å². The maximum Gasteiger partial charge on any atom is 2.00 e. The van der Waals surface area contributed by atoms with Crippen molar-refractivity contribution in [1.29, 1.82) is 0 Å². The Morgan fingerprint density at radius 3 is 1.35 bits per heavy atom. The molecule has 5 heteroatoms. The van der Waals surface area contributed by atoms with Crippen LogP contribution in [0.5, 0.6) is 0 Å². The summed E-state index contributed by atoms with van der Waals surface area (Å²) in [5.74, 6) is -0.608. The van der Waals surface area contributed by atoms with Gasteiger partial charge in [-0.2, -0.15) is 9.78 Å². The molecule has 0 unspecified atom stereocenters. The van der Waals surface area contributed by atoms with Gasteiger partial charge in [-0.1, -0.05) is 96.8 Å². The van der Waals surface area contributed by atoms with Gasteiger partial charge in [-0.05, 0) is 6.42 Å². The van der Waals surface area contributed by atoms with Crippen molar-refractivity contribution in [2.24, 2.45) is 0 Å². The Morgan fingerprint density at radius 2 is 1.04 bits per heavy atom. The molecule has 0 aliphatic carbocycles. The fraction of sp³-hybridized carbons (Fsp3) is 1.00. The van der Waals surface area contributed by atoms with Crippen molar-refractivity contribution in [3.63, 3.8) is 0 Å². The third-order valence-corrected chi connectivity index (χ3v) is 5.29. The van der Waals surface area contributed by atoms with Gasteiger partial charge in [0.15, 0.2) is 10.5 Å². The molecule has 1 fully saturated rings. The van der Waals surface area contributed by atoms with E-state index in [1.54, 1.807) is 0 Å². The third-order valence-electron chi connectivity index (χ3n) is 4.67. The van der Waals surface area contributed by atoms with Crippen LogP contribution in [0.25, 0.3) is 0 Å². The minimum absolute atomic E-state index is 0. The quantitative estimate of drug-likeness (QED) is 0.159. The van der Waals surface area contributed by atoms with E-state index >= 15 is 0 Å². The van der Waals surface area contributed by atoms with Crippen LogP contribution in [0, 0.1) is 0 Å². The molecule has 0 aromatic rings. The van der Waals surface area contributed by atoms with Crippen LogP contribution in [-0.2, 0) is 14.2 Å².